The molecule has 13 heavy (non-hydrogen) atoms. The fourth-order valence-electron chi connectivity index (χ4n) is 1.14. The number of benzene rings is 1. The van der Waals surface area contributed by atoms with Gasteiger partial charge in [0, 0.05) is 14.6 Å². The second-order valence-electron chi connectivity index (χ2n) is 2.85. The molecule has 0 unspecified atom stereocenters. The molecule has 4 heteroatoms. The first-order chi connectivity index (χ1) is 6.15. The van der Waals surface area contributed by atoms with Crippen LogP contribution in [-0.4, -0.2) is 6.54 Å². The maximum atomic E-state index is 5.88. The molecule has 4 N–H and O–H groups in total. The van der Waals surface area contributed by atoms with Crippen molar-refractivity contribution in [1.29, 1.82) is 0 Å². The Labute approximate surface area is 94.9 Å². The Hall–Kier alpha value is -0.0600. The topological polar surface area (TPSA) is 52.0 Å². The molecule has 1 aromatic rings. The van der Waals surface area contributed by atoms with Crippen LogP contribution < -0.4 is 11.5 Å². The van der Waals surface area contributed by atoms with Crippen molar-refractivity contribution < 1.29 is 0 Å². The van der Waals surface area contributed by atoms with Crippen LogP contribution in [0.1, 0.15) is 12.0 Å². The second kappa shape index (κ2) is 4.98. The van der Waals surface area contributed by atoms with E-state index in [0.29, 0.717) is 6.54 Å². The number of nitrogens with two attached hydrogens (primary N) is 2. The van der Waals surface area contributed by atoms with Gasteiger partial charge in [0.25, 0.3) is 0 Å². The third-order valence-electron chi connectivity index (χ3n) is 1.83. The molecule has 0 atom stereocenters. The predicted molar refractivity (Wildman–Crippen MR) is 63.6 cm³/mol. The molecule has 0 saturated heterocycles. The number of rotatable bonds is 3. The highest BCUT2D eigenvalue weighted by atomic mass is 79.9. The molecule has 0 aliphatic carbocycles. The monoisotopic (exact) mass is 306 g/mol. The van der Waals surface area contributed by atoms with E-state index in [4.69, 9.17) is 11.5 Å². The third-order valence-corrected chi connectivity index (χ3v) is 2.94. The van der Waals surface area contributed by atoms with Gasteiger partial charge >= 0.3 is 0 Å². The standard InChI is InChI=1S/C9H12Br2N2/c10-7-4-6(2-1-3-12)9(13)8(11)5-7/h4-5H,1-3,12-13H2. The van der Waals surface area contributed by atoms with Crippen LogP contribution in [0.2, 0.25) is 0 Å². The lowest BCUT2D eigenvalue weighted by Crippen LogP contribution is -2.02. The van der Waals surface area contributed by atoms with Crippen molar-refractivity contribution in [3.63, 3.8) is 0 Å². The normalized spacial score (nSPS) is 10.4. The maximum absolute atomic E-state index is 5.88. The van der Waals surface area contributed by atoms with E-state index in [9.17, 15) is 0 Å². The average Bonchev–Trinajstić information content (AvgIpc) is 2.09. The van der Waals surface area contributed by atoms with Gasteiger partial charge in [0.05, 0.1) is 0 Å². The molecule has 0 aromatic heterocycles. The van der Waals surface area contributed by atoms with Crippen molar-refractivity contribution >= 4 is 37.5 Å². The fourth-order valence-corrected chi connectivity index (χ4v) is 2.45. The highest BCUT2D eigenvalue weighted by Gasteiger charge is 2.04. The van der Waals surface area contributed by atoms with E-state index >= 15 is 0 Å². The van der Waals surface area contributed by atoms with Crippen LogP contribution in [0.3, 0.4) is 0 Å². The summed E-state index contributed by atoms with van der Waals surface area (Å²) in [5.41, 5.74) is 13.3. The molecule has 0 heterocycles. The Morgan fingerprint density at radius 1 is 1.23 bits per heavy atom. The molecule has 72 valence electrons. The summed E-state index contributed by atoms with van der Waals surface area (Å²) in [6.07, 6.45) is 1.90. The number of hydrogen-bond acceptors (Lipinski definition) is 2. The van der Waals surface area contributed by atoms with E-state index in [1.807, 2.05) is 12.1 Å². The molecule has 2 nitrogen and oxygen atoms in total. The lowest BCUT2D eigenvalue weighted by Gasteiger charge is -2.07. The van der Waals surface area contributed by atoms with Gasteiger partial charge in [-0.3, -0.25) is 0 Å². The molecule has 0 fully saturated rings. The maximum Gasteiger partial charge on any atom is 0.0491 e. The van der Waals surface area contributed by atoms with E-state index < -0.39 is 0 Å². The zero-order valence-corrected chi connectivity index (χ0v) is 10.4. The number of anilines is 1. The Morgan fingerprint density at radius 2 is 1.92 bits per heavy atom. The van der Waals surface area contributed by atoms with Crippen LogP contribution >= 0.6 is 31.9 Å². The Morgan fingerprint density at radius 3 is 2.54 bits per heavy atom. The minimum absolute atomic E-state index is 0.698. The Bertz CT molecular complexity index is 300. The fraction of sp³-hybridized carbons (Fsp3) is 0.333. The first-order valence-electron chi connectivity index (χ1n) is 4.08. The molecule has 0 spiro atoms. The average molecular weight is 308 g/mol. The minimum Gasteiger partial charge on any atom is -0.398 e. The number of hydrogen-bond donors (Lipinski definition) is 2. The second-order valence-corrected chi connectivity index (χ2v) is 4.62. The van der Waals surface area contributed by atoms with E-state index in [0.717, 1.165) is 33.0 Å². The van der Waals surface area contributed by atoms with E-state index in [-0.39, 0.29) is 0 Å². The van der Waals surface area contributed by atoms with Gasteiger partial charge in [0.2, 0.25) is 0 Å². The van der Waals surface area contributed by atoms with Crippen LogP contribution in [0.5, 0.6) is 0 Å². The van der Waals surface area contributed by atoms with Crippen LogP contribution in [0.15, 0.2) is 21.1 Å². The van der Waals surface area contributed by atoms with Crippen molar-refractivity contribution in [2.75, 3.05) is 12.3 Å². The van der Waals surface area contributed by atoms with Crippen LogP contribution in [-0.2, 0) is 6.42 Å². The Kier molecular flexibility index (Phi) is 4.22. The van der Waals surface area contributed by atoms with E-state index in [2.05, 4.69) is 31.9 Å². The summed E-state index contributed by atoms with van der Waals surface area (Å²) in [5, 5.41) is 0. The first-order valence-corrected chi connectivity index (χ1v) is 5.67. The van der Waals surface area contributed by atoms with Crippen molar-refractivity contribution in [1.82, 2.24) is 0 Å². The summed E-state index contributed by atoms with van der Waals surface area (Å²) in [7, 11) is 0. The van der Waals surface area contributed by atoms with Gasteiger partial charge in [-0.15, -0.1) is 0 Å². The van der Waals surface area contributed by atoms with Gasteiger partial charge < -0.3 is 11.5 Å². The molecular weight excluding hydrogens is 296 g/mol. The molecule has 1 aromatic carbocycles. The first kappa shape index (κ1) is 11.0. The molecule has 0 saturated carbocycles. The summed E-state index contributed by atoms with van der Waals surface area (Å²) in [5.74, 6) is 0. The number of nitrogen functional groups attached to an aromatic ring is 1. The quantitative estimate of drug-likeness (QED) is 0.844. The molecule has 0 radical (unpaired) electrons. The summed E-state index contributed by atoms with van der Waals surface area (Å²) in [6.45, 7) is 0.698. The van der Waals surface area contributed by atoms with Crippen molar-refractivity contribution in [3.05, 3.63) is 26.6 Å². The molecule has 0 aliphatic heterocycles. The smallest absolute Gasteiger partial charge is 0.0491 e. The van der Waals surface area contributed by atoms with Crippen LogP contribution in [0.25, 0.3) is 0 Å². The van der Waals surface area contributed by atoms with Crippen LogP contribution in [0.4, 0.5) is 5.69 Å². The SMILES string of the molecule is NCCCc1cc(Br)cc(Br)c1N. The highest BCUT2D eigenvalue weighted by molar-refractivity contribution is 9.11. The lowest BCUT2D eigenvalue weighted by atomic mass is 10.1. The zero-order chi connectivity index (χ0) is 9.84. The predicted octanol–water partition coefficient (Wildman–Crippen LogP) is 2.69. The van der Waals surface area contributed by atoms with Crippen LogP contribution in [0, 0.1) is 0 Å². The van der Waals surface area contributed by atoms with Gasteiger partial charge in [-0.2, -0.15) is 0 Å². The molecular formula is C9H12Br2N2. The van der Waals surface area contributed by atoms with E-state index in [1.165, 1.54) is 0 Å². The summed E-state index contributed by atoms with van der Waals surface area (Å²) >= 11 is 6.82. The Balaban J connectivity index is 2.92. The largest absolute Gasteiger partial charge is 0.398 e. The van der Waals surface area contributed by atoms with Gasteiger partial charge in [-0.25, -0.2) is 0 Å². The van der Waals surface area contributed by atoms with Gasteiger partial charge in [0.15, 0.2) is 0 Å². The van der Waals surface area contributed by atoms with Gasteiger partial charge in [-0.1, -0.05) is 15.9 Å². The lowest BCUT2D eigenvalue weighted by molar-refractivity contribution is 0.833. The molecule has 0 bridgehead atoms. The summed E-state index contributed by atoms with van der Waals surface area (Å²) < 4.78 is 1.98. The minimum atomic E-state index is 0.698. The zero-order valence-electron chi connectivity index (χ0n) is 7.19. The third kappa shape index (κ3) is 2.97. The summed E-state index contributed by atoms with van der Waals surface area (Å²) in [4.78, 5) is 0. The molecule has 1 rings (SSSR count). The number of halogens is 2. The van der Waals surface area contributed by atoms with Gasteiger partial charge in [0.1, 0.15) is 0 Å². The van der Waals surface area contributed by atoms with Crippen molar-refractivity contribution in [2.24, 2.45) is 5.73 Å². The highest BCUT2D eigenvalue weighted by Crippen LogP contribution is 2.28. The summed E-state index contributed by atoms with van der Waals surface area (Å²) in [6, 6.07) is 3.98. The van der Waals surface area contributed by atoms with Gasteiger partial charge in [-0.05, 0) is 53.0 Å². The van der Waals surface area contributed by atoms with Crippen molar-refractivity contribution in [2.45, 2.75) is 12.8 Å². The number of aryl methyl sites for hydroxylation is 1. The molecule has 0 aliphatic rings. The van der Waals surface area contributed by atoms with E-state index in [1.54, 1.807) is 0 Å². The molecule has 0 amide bonds. The van der Waals surface area contributed by atoms with Crippen molar-refractivity contribution in [3.8, 4) is 0 Å².